The highest BCUT2D eigenvalue weighted by Gasteiger charge is 2.30. The molecule has 2 aromatic carbocycles. The minimum Gasteiger partial charge on any atom is -0.449 e. The zero-order valence-corrected chi connectivity index (χ0v) is 14.9. The first-order chi connectivity index (χ1) is 12.8. The van der Waals surface area contributed by atoms with Crippen molar-refractivity contribution < 1.29 is 14.6 Å². The Morgan fingerprint density at radius 3 is 2.27 bits per heavy atom. The third kappa shape index (κ3) is 3.21. The normalized spacial score (nSPS) is 21.7. The maximum Gasteiger partial charge on any atom is 0.407 e. The van der Waals surface area contributed by atoms with Crippen molar-refractivity contribution in [1.82, 2.24) is 5.32 Å². The lowest BCUT2D eigenvalue weighted by Gasteiger charge is -2.30. The largest absolute Gasteiger partial charge is 0.449 e. The summed E-state index contributed by atoms with van der Waals surface area (Å²) in [5.41, 5.74) is 4.88. The number of nitrogens with one attached hydrogen (secondary N) is 1. The van der Waals surface area contributed by atoms with Crippen molar-refractivity contribution in [2.75, 3.05) is 13.2 Å². The maximum absolute atomic E-state index is 12.3. The van der Waals surface area contributed by atoms with Gasteiger partial charge in [-0.25, -0.2) is 4.79 Å². The van der Waals surface area contributed by atoms with Gasteiger partial charge in [-0.05, 0) is 35.1 Å². The predicted molar refractivity (Wildman–Crippen MR) is 101 cm³/mol. The molecule has 4 rings (SSSR count). The number of carbonyl (C=O) groups excluding carboxylic acids is 1. The number of hydrogen-bond acceptors (Lipinski definition) is 3. The van der Waals surface area contributed by atoms with Crippen molar-refractivity contribution in [3.05, 3.63) is 59.7 Å². The van der Waals surface area contributed by atoms with Crippen LogP contribution in [-0.4, -0.2) is 30.5 Å². The molecule has 1 fully saturated rings. The SMILES string of the molecule is O=C(N[C@H]1CCCC[C@H]1CO)OCC1c2ccccc2-c2ccccc21. The van der Waals surface area contributed by atoms with Gasteiger partial charge in [0, 0.05) is 24.5 Å². The summed E-state index contributed by atoms with van der Waals surface area (Å²) in [7, 11) is 0. The third-order valence-electron chi connectivity index (χ3n) is 5.79. The molecule has 2 atom stereocenters. The van der Waals surface area contributed by atoms with Gasteiger partial charge >= 0.3 is 6.09 Å². The fourth-order valence-electron chi connectivity index (χ4n) is 4.41. The molecule has 0 aliphatic heterocycles. The number of aliphatic hydroxyl groups is 1. The number of fused-ring (bicyclic) bond motifs is 3. The Hall–Kier alpha value is -2.33. The molecule has 2 aliphatic rings. The Morgan fingerprint density at radius 1 is 1.00 bits per heavy atom. The third-order valence-corrected chi connectivity index (χ3v) is 5.79. The summed E-state index contributed by atoms with van der Waals surface area (Å²) in [5, 5.41) is 12.5. The zero-order chi connectivity index (χ0) is 17.9. The van der Waals surface area contributed by atoms with Crippen LogP contribution in [0.2, 0.25) is 0 Å². The summed E-state index contributed by atoms with van der Waals surface area (Å²) in [5.74, 6) is 0.220. The molecule has 136 valence electrons. The van der Waals surface area contributed by atoms with E-state index in [0.717, 1.165) is 25.7 Å². The van der Waals surface area contributed by atoms with Gasteiger partial charge in [0.25, 0.3) is 0 Å². The number of aliphatic hydroxyl groups excluding tert-OH is 1. The summed E-state index contributed by atoms with van der Waals surface area (Å²) in [6.07, 6.45) is 3.70. The van der Waals surface area contributed by atoms with E-state index in [9.17, 15) is 9.90 Å². The van der Waals surface area contributed by atoms with Gasteiger partial charge in [0.15, 0.2) is 0 Å². The molecule has 0 bridgehead atoms. The Bertz CT molecular complexity index is 743. The van der Waals surface area contributed by atoms with Gasteiger partial charge in [-0.3, -0.25) is 0 Å². The summed E-state index contributed by atoms with van der Waals surface area (Å²) >= 11 is 0. The number of benzene rings is 2. The molecule has 26 heavy (non-hydrogen) atoms. The van der Waals surface area contributed by atoms with E-state index in [1.807, 2.05) is 24.3 Å². The average molecular weight is 351 g/mol. The van der Waals surface area contributed by atoms with Crippen molar-refractivity contribution in [3.63, 3.8) is 0 Å². The second kappa shape index (κ2) is 7.50. The van der Waals surface area contributed by atoms with Crippen LogP contribution in [0.3, 0.4) is 0 Å². The Balaban J connectivity index is 1.44. The van der Waals surface area contributed by atoms with Crippen LogP contribution in [0.4, 0.5) is 4.79 Å². The molecule has 0 radical (unpaired) electrons. The standard InChI is InChI=1S/C22H25NO3/c24-13-15-7-1-6-12-21(15)23-22(25)26-14-20-18-10-4-2-8-16(18)17-9-3-5-11-19(17)20/h2-5,8-11,15,20-21,24H,1,6-7,12-14H2,(H,23,25)/t15-,21-/m0/s1. The van der Waals surface area contributed by atoms with E-state index in [0.29, 0.717) is 6.61 Å². The highest BCUT2D eigenvalue weighted by molar-refractivity contribution is 5.79. The molecule has 2 aromatic rings. The number of amides is 1. The molecular weight excluding hydrogens is 326 g/mol. The summed E-state index contributed by atoms with van der Waals surface area (Å²) in [6, 6.07) is 16.7. The topological polar surface area (TPSA) is 58.6 Å². The minimum atomic E-state index is -0.378. The van der Waals surface area contributed by atoms with Crippen LogP contribution in [0.15, 0.2) is 48.5 Å². The molecule has 2 aliphatic carbocycles. The van der Waals surface area contributed by atoms with E-state index in [4.69, 9.17) is 4.74 Å². The van der Waals surface area contributed by atoms with Crippen LogP contribution in [0.1, 0.15) is 42.7 Å². The molecule has 0 saturated heterocycles. The van der Waals surface area contributed by atoms with Crippen molar-refractivity contribution in [3.8, 4) is 11.1 Å². The lowest BCUT2D eigenvalue weighted by Crippen LogP contribution is -2.43. The van der Waals surface area contributed by atoms with Crippen LogP contribution in [0.25, 0.3) is 11.1 Å². The van der Waals surface area contributed by atoms with Crippen LogP contribution < -0.4 is 5.32 Å². The van der Waals surface area contributed by atoms with Crippen molar-refractivity contribution in [1.29, 1.82) is 0 Å². The first kappa shape index (κ1) is 17.1. The highest BCUT2D eigenvalue weighted by Crippen LogP contribution is 2.44. The number of alkyl carbamates (subject to hydrolysis) is 1. The van der Waals surface area contributed by atoms with E-state index >= 15 is 0 Å². The Labute approximate surface area is 154 Å². The lowest BCUT2D eigenvalue weighted by atomic mass is 9.85. The van der Waals surface area contributed by atoms with Gasteiger partial charge in [0.2, 0.25) is 0 Å². The van der Waals surface area contributed by atoms with Crippen LogP contribution in [0, 0.1) is 5.92 Å². The number of ether oxygens (including phenoxy) is 1. The van der Waals surface area contributed by atoms with E-state index in [2.05, 4.69) is 29.6 Å². The van der Waals surface area contributed by atoms with Crippen LogP contribution in [0.5, 0.6) is 0 Å². The molecule has 0 aromatic heterocycles. The zero-order valence-electron chi connectivity index (χ0n) is 14.9. The molecule has 1 amide bonds. The summed E-state index contributed by atoms with van der Waals surface area (Å²) in [6.45, 7) is 0.449. The first-order valence-electron chi connectivity index (χ1n) is 9.50. The van der Waals surface area contributed by atoms with Gasteiger partial charge in [-0.15, -0.1) is 0 Å². The van der Waals surface area contributed by atoms with Gasteiger partial charge < -0.3 is 15.2 Å². The van der Waals surface area contributed by atoms with E-state index in [-0.39, 0.29) is 30.6 Å². The average Bonchev–Trinajstić information content (AvgIpc) is 3.01. The molecule has 0 spiro atoms. The minimum absolute atomic E-state index is 0.0180. The van der Waals surface area contributed by atoms with Crippen LogP contribution >= 0.6 is 0 Å². The van der Waals surface area contributed by atoms with Crippen molar-refractivity contribution in [2.45, 2.75) is 37.6 Å². The summed E-state index contributed by atoms with van der Waals surface area (Å²) < 4.78 is 5.60. The lowest BCUT2D eigenvalue weighted by molar-refractivity contribution is 0.116. The van der Waals surface area contributed by atoms with Gasteiger partial charge in [0.1, 0.15) is 6.61 Å². The molecule has 4 heteroatoms. The molecule has 1 saturated carbocycles. The van der Waals surface area contributed by atoms with Crippen molar-refractivity contribution >= 4 is 6.09 Å². The van der Waals surface area contributed by atoms with Gasteiger partial charge in [-0.2, -0.15) is 0 Å². The Kier molecular flexibility index (Phi) is 4.93. The van der Waals surface area contributed by atoms with Gasteiger partial charge in [-0.1, -0.05) is 61.4 Å². The van der Waals surface area contributed by atoms with Crippen LogP contribution in [-0.2, 0) is 4.74 Å². The maximum atomic E-state index is 12.3. The smallest absolute Gasteiger partial charge is 0.407 e. The predicted octanol–water partition coefficient (Wildman–Crippen LogP) is 4.08. The number of carbonyl (C=O) groups is 1. The highest BCUT2D eigenvalue weighted by atomic mass is 16.5. The van der Waals surface area contributed by atoms with E-state index in [1.165, 1.54) is 22.3 Å². The molecular formula is C22H25NO3. The summed E-state index contributed by atoms with van der Waals surface area (Å²) in [4.78, 5) is 12.3. The molecule has 2 N–H and O–H groups in total. The second-order valence-electron chi connectivity index (χ2n) is 7.30. The Morgan fingerprint density at radius 2 is 1.62 bits per heavy atom. The van der Waals surface area contributed by atoms with E-state index < -0.39 is 0 Å². The fraction of sp³-hybridized carbons (Fsp3) is 0.409. The monoisotopic (exact) mass is 351 g/mol. The fourth-order valence-corrected chi connectivity index (χ4v) is 4.41. The molecule has 0 heterocycles. The van der Waals surface area contributed by atoms with Crippen molar-refractivity contribution in [2.24, 2.45) is 5.92 Å². The number of hydrogen-bond donors (Lipinski definition) is 2. The first-order valence-corrected chi connectivity index (χ1v) is 9.50. The molecule has 4 nitrogen and oxygen atoms in total. The molecule has 0 unspecified atom stereocenters. The number of rotatable bonds is 4. The van der Waals surface area contributed by atoms with E-state index in [1.54, 1.807) is 0 Å². The quantitative estimate of drug-likeness (QED) is 0.873. The van der Waals surface area contributed by atoms with Gasteiger partial charge in [0.05, 0.1) is 0 Å². The second-order valence-corrected chi connectivity index (χ2v) is 7.30.